The predicted octanol–water partition coefficient (Wildman–Crippen LogP) is 4.99. The van der Waals surface area contributed by atoms with Gasteiger partial charge in [-0.2, -0.15) is 0 Å². The molecule has 2 aromatic rings. The van der Waals surface area contributed by atoms with E-state index < -0.39 is 5.24 Å². The van der Waals surface area contributed by atoms with Crippen LogP contribution in [-0.2, 0) is 0 Å². The quantitative estimate of drug-likeness (QED) is 0.691. The number of rotatable bonds is 1. The molecular formula is C14H6Cl2FNOS. The van der Waals surface area contributed by atoms with E-state index in [1.54, 1.807) is 30.3 Å². The van der Waals surface area contributed by atoms with Crippen molar-refractivity contribution in [1.82, 2.24) is 0 Å². The summed E-state index contributed by atoms with van der Waals surface area (Å²) in [5.41, 5.74) is 1.36. The maximum Gasteiger partial charge on any atom is 0.252 e. The molecular weight excluding hydrogens is 320 g/mol. The average molecular weight is 326 g/mol. The first-order chi connectivity index (χ1) is 9.56. The van der Waals surface area contributed by atoms with Gasteiger partial charge in [0.15, 0.2) is 0 Å². The third-order valence-electron chi connectivity index (χ3n) is 2.81. The minimum atomic E-state index is -0.572. The molecule has 6 heteroatoms. The summed E-state index contributed by atoms with van der Waals surface area (Å²) in [7, 11) is 0. The summed E-state index contributed by atoms with van der Waals surface area (Å²) in [5.74, 6) is -0.355. The fourth-order valence-electron chi connectivity index (χ4n) is 1.86. The summed E-state index contributed by atoms with van der Waals surface area (Å²) in [6, 6.07) is 9.47. The van der Waals surface area contributed by atoms with E-state index in [-0.39, 0.29) is 11.0 Å². The van der Waals surface area contributed by atoms with Gasteiger partial charge in [-0.25, -0.2) is 9.38 Å². The van der Waals surface area contributed by atoms with E-state index in [4.69, 9.17) is 23.2 Å². The van der Waals surface area contributed by atoms with Crippen molar-refractivity contribution in [2.75, 3.05) is 0 Å². The van der Waals surface area contributed by atoms with Crippen molar-refractivity contribution >= 4 is 51.1 Å². The Kier molecular flexibility index (Phi) is 3.54. The monoisotopic (exact) mass is 325 g/mol. The molecule has 0 radical (unpaired) electrons. The third kappa shape index (κ3) is 2.35. The lowest BCUT2D eigenvalue weighted by molar-refractivity contribution is 0.108. The van der Waals surface area contributed by atoms with E-state index in [9.17, 15) is 9.18 Å². The summed E-state index contributed by atoms with van der Waals surface area (Å²) in [6.45, 7) is 0. The SMILES string of the molecule is O=C(Cl)c1ccc2c(c1)N=C(Cl)c1cccc(F)c1S2. The van der Waals surface area contributed by atoms with E-state index in [1.165, 1.54) is 17.8 Å². The number of benzene rings is 2. The van der Waals surface area contributed by atoms with Gasteiger partial charge in [0, 0.05) is 16.0 Å². The van der Waals surface area contributed by atoms with Gasteiger partial charge in [-0.05, 0) is 35.9 Å². The number of hydrogen-bond acceptors (Lipinski definition) is 3. The van der Waals surface area contributed by atoms with Crippen LogP contribution in [0.15, 0.2) is 51.2 Å². The molecule has 0 atom stereocenters. The largest absolute Gasteiger partial charge is 0.276 e. The summed E-state index contributed by atoms with van der Waals surface area (Å²) in [4.78, 5) is 16.6. The first-order valence-corrected chi connectivity index (χ1v) is 7.18. The number of aliphatic imine (C=N–C) groups is 1. The molecule has 0 fully saturated rings. The molecule has 0 amide bonds. The van der Waals surface area contributed by atoms with Gasteiger partial charge >= 0.3 is 0 Å². The Hall–Kier alpha value is -1.36. The molecule has 1 heterocycles. The van der Waals surface area contributed by atoms with E-state index in [2.05, 4.69) is 4.99 Å². The summed E-state index contributed by atoms with van der Waals surface area (Å²) < 4.78 is 13.9. The molecule has 0 aromatic heterocycles. The van der Waals surface area contributed by atoms with E-state index in [1.807, 2.05) is 0 Å². The van der Waals surface area contributed by atoms with Crippen molar-refractivity contribution in [1.29, 1.82) is 0 Å². The molecule has 3 rings (SSSR count). The normalized spacial score (nSPS) is 13.1. The van der Waals surface area contributed by atoms with Crippen LogP contribution < -0.4 is 0 Å². The smallest absolute Gasteiger partial charge is 0.252 e. The standard InChI is InChI=1S/C14H6Cl2FNOS/c15-13-8-2-1-3-9(17)12(8)20-11-5-4-7(14(16)19)6-10(11)18-13/h1-6H. The first-order valence-electron chi connectivity index (χ1n) is 5.61. The van der Waals surface area contributed by atoms with Gasteiger partial charge in [0.05, 0.1) is 10.6 Å². The van der Waals surface area contributed by atoms with Crippen LogP contribution in [0.4, 0.5) is 10.1 Å². The molecule has 0 saturated carbocycles. The van der Waals surface area contributed by atoms with Crippen molar-refractivity contribution < 1.29 is 9.18 Å². The molecule has 0 spiro atoms. The second kappa shape index (κ2) is 5.20. The Balaban J connectivity index is 2.21. The Morgan fingerprint density at radius 3 is 2.80 bits per heavy atom. The van der Waals surface area contributed by atoms with Crippen LogP contribution in [0, 0.1) is 5.82 Å². The molecule has 0 saturated heterocycles. The Morgan fingerprint density at radius 1 is 1.25 bits per heavy atom. The van der Waals surface area contributed by atoms with Crippen LogP contribution in [0.3, 0.4) is 0 Å². The molecule has 20 heavy (non-hydrogen) atoms. The zero-order valence-corrected chi connectivity index (χ0v) is 12.2. The first kappa shape index (κ1) is 13.6. The van der Waals surface area contributed by atoms with Crippen molar-refractivity contribution in [2.24, 2.45) is 4.99 Å². The highest BCUT2D eigenvalue weighted by Crippen LogP contribution is 2.42. The Morgan fingerprint density at radius 2 is 2.05 bits per heavy atom. The van der Waals surface area contributed by atoms with Crippen LogP contribution in [0.5, 0.6) is 0 Å². The number of halogens is 3. The third-order valence-corrected chi connectivity index (χ3v) is 4.50. The Labute approximate surface area is 128 Å². The van der Waals surface area contributed by atoms with Crippen molar-refractivity contribution in [2.45, 2.75) is 9.79 Å². The molecule has 1 aliphatic heterocycles. The molecule has 1 aliphatic rings. The second-order valence-electron chi connectivity index (χ2n) is 4.08. The summed E-state index contributed by atoms with van der Waals surface area (Å²) in [6.07, 6.45) is 0. The van der Waals surface area contributed by atoms with E-state index in [0.717, 1.165) is 0 Å². The highest BCUT2D eigenvalue weighted by atomic mass is 35.5. The lowest BCUT2D eigenvalue weighted by Crippen LogP contribution is -1.94. The number of fused-ring (bicyclic) bond motifs is 2. The molecule has 2 aromatic carbocycles. The maximum atomic E-state index is 13.9. The van der Waals surface area contributed by atoms with Crippen molar-refractivity contribution in [3.63, 3.8) is 0 Å². The zero-order chi connectivity index (χ0) is 14.3. The molecule has 0 aliphatic carbocycles. The van der Waals surface area contributed by atoms with Crippen LogP contribution in [0.1, 0.15) is 15.9 Å². The van der Waals surface area contributed by atoms with Gasteiger partial charge in [0.25, 0.3) is 5.24 Å². The predicted molar refractivity (Wildman–Crippen MR) is 79.2 cm³/mol. The number of carbonyl (C=O) groups excluding carboxylic acids is 1. The van der Waals surface area contributed by atoms with Gasteiger partial charge in [0.1, 0.15) is 11.0 Å². The topological polar surface area (TPSA) is 29.4 Å². The van der Waals surface area contributed by atoms with Crippen molar-refractivity contribution in [3.05, 3.63) is 53.3 Å². The van der Waals surface area contributed by atoms with Gasteiger partial charge in [-0.1, -0.05) is 35.5 Å². The summed E-state index contributed by atoms with van der Waals surface area (Å²) >= 11 is 12.8. The second-order valence-corrected chi connectivity index (χ2v) is 5.83. The fourth-order valence-corrected chi connectivity index (χ4v) is 3.29. The van der Waals surface area contributed by atoms with Gasteiger partial charge < -0.3 is 0 Å². The van der Waals surface area contributed by atoms with Crippen LogP contribution in [0.2, 0.25) is 0 Å². The van der Waals surface area contributed by atoms with E-state index >= 15 is 0 Å². The fraction of sp³-hybridized carbons (Fsp3) is 0. The van der Waals surface area contributed by atoms with Crippen LogP contribution in [0.25, 0.3) is 0 Å². The Bertz CT molecular complexity index is 761. The molecule has 2 nitrogen and oxygen atoms in total. The number of hydrogen-bond donors (Lipinski definition) is 0. The molecule has 100 valence electrons. The number of carbonyl (C=O) groups is 1. The highest BCUT2D eigenvalue weighted by Gasteiger charge is 2.20. The van der Waals surface area contributed by atoms with Crippen molar-refractivity contribution in [3.8, 4) is 0 Å². The molecule has 0 unspecified atom stereocenters. The molecule has 0 bridgehead atoms. The van der Waals surface area contributed by atoms with Gasteiger partial charge in [-0.15, -0.1) is 0 Å². The van der Waals surface area contributed by atoms with Crippen LogP contribution in [-0.4, -0.2) is 10.4 Å². The minimum Gasteiger partial charge on any atom is -0.276 e. The zero-order valence-electron chi connectivity index (χ0n) is 9.86. The highest BCUT2D eigenvalue weighted by molar-refractivity contribution is 7.99. The number of nitrogens with zero attached hydrogens (tertiary/aromatic N) is 1. The van der Waals surface area contributed by atoms with Gasteiger partial charge in [-0.3, -0.25) is 4.79 Å². The van der Waals surface area contributed by atoms with Crippen LogP contribution >= 0.6 is 35.0 Å². The molecule has 0 N–H and O–H groups in total. The maximum absolute atomic E-state index is 13.9. The summed E-state index contributed by atoms with van der Waals surface area (Å²) in [5, 5.41) is -0.387. The average Bonchev–Trinajstić information content (AvgIpc) is 2.55. The van der Waals surface area contributed by atoms with E-state index in [0.29, 0.717) is 26.6 Å². The lowest BCUT2D eigenvalue weighted by Gasteiger charge is -2.06. The van der Waals surface area contributed by atoms with Gasteiger partial charge in [0.2, 0.25) is 0 Å². The minimum absolute atomic E-state index is 0.185. The lowest BCUT2D eigenvalue weighted by atomic mass is 10.2.